The molecule has 6 nitrogen and oxygen atoms in total. The van der Waals surface area contributed by atoms with Gasteiger partial charge in [-0.1, -0.05) is 19.8 Å². The van der Waals surface area contributed by atoms with Crippen LogP contribution in [0.4, 0.5) is 11.4 Å². The number of piperidine rings is 1. The van der Waals surface area contributed by atoms with Gasteiger partial charge in [-0.05, 0) is 63.8 Å². The molecule has 2 aliphatic rings. The smallest absolute Gasteiger partial charge is 0.253 e. The van der Waals surface area contributed by atoms with Crippen LogP contribution >= 0.6 is 0 Å². The summed E-state index contributed by atoms with van der Waals surface area (Å²) < 4.78 is 6.00. The number of hydrogen-bond acceptors (Lipinski definition) is 6. The highest BCUT2D eigenvalue weighted by molar-refractivity contribution is 5.74. The summed E-state index contributed by atoms with van der Waals surface area (Å²) in [5.74, 6) is 0.871. The SMILES string of the molecule is CC1CCC(OCCCCCCNc2c(NC3CCCNC3)c(=O)c2=O)CC1. The van der Waals surface area contributed by atoms with Crippen molar-refractivity contribution >= 4 is 11.4 Å². The summed E-state index contributed by atoms with van der Waals surface area (Å²) in [5, 5.41) is 9.75. The Morgan fingerprint density at radius 3 is 2.46 bits per heavy atom. The summed E-state index contributed by atoms with van der Waals surface area (Å²) in [7, 11) is 0. The Kier molecular flexibility index (Phi) is 8.34. The highest BCUT2D eigenvalue weighted by Crippen LogP contribution is 2.25. The zero-order chi connectivity index (χ0) is 19.8. The molecule has 1 atom stereocenters. The predicted octanol–water partition coefficient (Wildman–Crippen LogP) is 3.01. The largest absolute Gasteiger partial charge is 0.380 e. The first-order valence-electron chi connectivity index (χ1n) is 11.3. The number of ether oxygens (including phenoxy) is 1. The molecule has 1 unspecified atom stereocenters. The summed E-state index contributed by atoms with van der Waals surface area (Å²) >= 11 is 0. The lowest BCUT2D eigenvalue weighted by molar-refractivity contribution is 0.0179. The standard InChI is InChI=1S/C22H37N3O3/c1-16-8-10-18(11-9-16)28-14-5-3-2-4-13-24-19-20(22(27)21(19)26)25-17-7-6-12-23-15-17/h16-18,23-25H,2-15H2,1H3. The maximum atomic E-state index is 11.9. The minimum Gasteiger partial charge on any atom is -0.380 e. The topological polar surface area (TPSA) is 79.5 Å². The Bertz CT molecular complexity index is 654. The van der Waals surface area contributed by atoms with Crippen LogP contribution in [0.3, 0.4) is 0 Å². The second kappa shape index (κ2) is 11.0. The van der Waals surface area contributed by atoms with E-state index in [1.54, 1.807) is 0 Å². The third kappa shape index (κ3) is 6.05. The first-order chi connectivity index (χ1) is 13.6. The second-order valence-corrected chi connectivity index (χ2v) is 8.69. The average molecular weight is 392 g/mol. The molecule has 0 spiro atoms. The van der Waals surface area contributed by atoms with Gasteiger partial charge in [0.1, 0.15) is 11.4 Å². The molecule has 0 bridgehead atoms. The van der Waals surface area contributed by atoms with Crippen molar-refractivity contribution < 1.29 is 4.74 Å². The lowest BCUT2D eigenvalue weighted by atomic mass is 9.89. The van der Waals surface area contributed by atoms with Gasteiger partial charge >= 0.3 is 0 Å². The van der Waals surface area contributed by atoms with Gasteiger partial charge in [0.25, 0.3) is 10.9 Å². The van der Waals surface area contributed by atoms with Gasteiger partial charge in [0.15, 0.2) is 0 Å². The van der Waals surface area contributed by atoms with E-state index in [0.717, 1.165) is 70.7 Å². The summed E-state index contributed by atoms with van der Waals surface area (Å²) in [6.45, 7) is 5.82. The minimum absolute atomic E-state index is 0.241. The molecule has 6 heteroatoms. The number of rotatable bonds is 11. The third-order valence-corrected chi connectivity index (χ3v) is 6.25. The predicted molar refractivity (Wildman–Crippen MR) is 115 cm³/mol. The molecule has 1 aliphatic carbocycles. The van der Waals surface area contributed by atoms with E-state index in [-0.39, 0.29) is 16.9 Å². The van der Waals surface area contributed by atoms with Gasteiger partial charge in [-0.2, -0.15) is 0 Å². The molecule has 3 rings (SSSR count). The van der Waals surface area contributed by atoms with E-state index in [1.807, 2.05) is 0 Å². The molecule has 1 aliphatic heterocycles. The van der Waals surface area contributed by atoms with E-state index in [2.05, 4.69) is 22.9 Å². The van der Waals surface area contributed by atoms with E-state index in [9.17, 15) is 9.59 Å². The fraction of sp³-hybridized carbons (Fsp3) is 0.818. The van der Waals surface area contributed by atoms with Gasteiger partial charge in [0, 0.05) is 25.7 Å². The number of hydrogen-bond donors (Lipinski definition) is 3. The summed E-state index contributed by atoms with van der Waals surface area (Å²) in [6, 6.07) is 0.241. The normalized spacial score (nSPS) is 25.7. The summed E-state index contributed by atoms with van der Waals surface area (Å²) in [6.07, 6.45) is 12.0. The van der Waals surface area contributed by atoms with Crippen LogP contribution in [0.25, 0.3) is 0 Å². The van der Waals surface area contributed by atoms with Crippen LogP contribution in [-0.2, 0) is 4.74 Å². The molecule has 158 valence electrons. The Labute approximate surface area is 168 Å². The zero-order valence-electron chi connectivity index (χ0n) is 17.4. The number of nitrogens with one attached hydrogen (secondary N) is 3. The van der Waals surface area contributed by atoms with Gasteiger partial charge in [-0.25, -0.2) is 0 Å². The van der Waals surface area contributed by atoms with Crippen molar-refractivity contribution in [2.75, 3.05) is 36.9 Å². The lowest BCUT2D eigenvalue weighted by Gasteiger charge is -2.26. The van der Waals surface area contributed by atoms with E-state index >= 15 is 0 Å². The molecular formula is C22H37N3O3. The van der Waals surface area contributed by atoms with Gasteiger partial charge in [-0.15, -0.1) is 0 Å². The Morgan fingerprint density at radius 1 is 0.964 bits per heavy atom. The molecule has 1 aromatic carbocycles. The number of unbranched alkanes of at least 4 members (excludes halogenated alkanes) is 3. The minimum atomic E-state index is -0.374. The van der Waals surface area contributed by atoms with Crippen LogP contribution in [0.15, 0.2) is 9.59 Å². The average Bonchev–Trinajstić information content (AvgIpc) is 2.73. The summed E-state index contributed by atoms with van der Waals surface area (Å²) in [5.41, 5.74) is 0.239. The number of anilines is 2. The van der Waals surface area contributed by atoms with Gasteiger partial charge in [0.2, 0.25) is 0 Å². The van der Waals surface area contributed by atoms with Crippen molar-refractivity contribution in [1.82, 2.24) is 5.32 Å². The maximum absolute atomic E-state index is 11.9. The van der Waals surface area contributed by atoms with E-state index in [0.29, 0.717) is 17.5 Å². The molecule has 0 aromatic heterocycles. The fourth-order valence-electron chi connectivity index (χ4n) is 4.32. The van der Waals surface area contributed by atoms with Crippen molar-refractivity contribution in [3.63, 3.8) is 0 Å². The summed E-state index contributed by atoms with van der Waals surface area (Å²) in [4.78, 5) is 23.7. The highest BCUT2D eigenvalue weighted by atomic mass is 16.5. The Morgan fingerprint density at radius 2 is 1.71 bits per heavy atom. The van der Waals surface area contributed by atoms with Crippen molar-refractivity contribution in [1.29, 1.82) is 0 Å². The first-order valence-corrected chi connectivity index (χ1v) is 11.3. The van der Waals surface area contributed by atoms with E-state index in [1.165, 1.54) is 25.7 Å². The molecule has 1 saturated heterocycles. The monoisotopic (exact) mass is 391 g/mol. The van der Waals surface area contributed by atoms with E-state index in [4.69, 9.17) is 4.74 Å². The van der Waals surface area contributed by atoms with Crippen molar-refractivity contribution in [3.05, 3.63) is 20.4 Å². The Hall–Kier alpha value is -1.40. The van der Waals surface area contributed by atoms with Crippen LogP contribution in [0.1, 0.15) is 71.1 Å². The van der Waals surface area contributed by atoms with Crippen molar-refractivity contribution in [2.24, 2.45) is 5.92 Å². The maximum Gasteiger partial charge on any atom is 0.253 e. The van der Waals surface area contributed by atoms with Crippen molar-refractivity contribution in [3.8, 4) is 0 Å². The lowest BCUT2D eigenvalue weighted by Crippen LogP contribution is -2.44. The molecule has 1 aromatic rings. The van der Waals surface area contributed by atoms with Crippen molar-refractivity contribution in [2.45, 2.75) is 83.3 Å². The second-order valence-electron chi connectivity index (χ2n) is 8.69. The zero-order valence-corrected chi connectivity index (χ0v) is 17.4. The van der Waals surface area contributed by atoms with Crippen LogP contribution in [-0.4, -0.2) is 38.4 Å². The first kappa shape index (κ1) is 21.3. The molecule has 3 N–H and O–H groups in total. The molecule has 28 heavy (non-hydrogen) atoms. The van der Waals surface area contributed by atoms with E-state index < -0.39 is 0 Å². The third-order valence-electron chi connectivity index (χ3n) is 6.25. The van der Waals surface area contributed by atoms with Gasteiger partial charge < -0.3 is 20.7 Å². The quantitative estimate of drug-likeness (QED) is 0.397. The molecule has 0 amide bonds. The van der Waals surface area contributed by atoms with Crippen LogP contribution in [0.5, 0.6) is 0 Å². The molecule has 1 saturated carbocycles. The molecule has 1 heterocycles. The molecular weight excluding hydrogens is 354 g/mol. The van der Waals surface area contributed by atoms with Crippen LogP contribution < -0.4 is 26.8 Å². The van der Waals surface area contributed by atoms with Gasteiger partial charge in [0.05, 0.1) is 6.10 Å². The van der Waals surface area contributed by atoms with Crippen LogP contribution in [0.2, 0.25) is 0 Å². The molecule has 0 radical (unpaired) electrons. The Balaban J connectivity index is 1.25. The highest BCUT2D eigenvalue weighted by Gasteiger charge is 2.23. The van der Waals surface area contributed by atoms with Crippen LogP contribution in [0, 0.1) is 5.92 Å². The molecule has 2 fully saturated rings. The van der Waals surface area contributed by atoms with Gasteiger partial charge in [-0.3, -0.25) is 9.59 Å². The fourth-order valence-corrected chi connectivity index (χ4v) is 4.32.